The molecule has 0 bridgehead atoms. The van der Waals surface area contributed by atoms with Crippen LogP contribution >= 0.6 is 0 Å². The van der Waals surface area contributed by atoms with E-state index in [1.165, 1.54) is 16.4 Å². The molecule has 2 aliphatic rings. The van der Waals surface area contributed by atoms with E-state index in [-0.39, 0.29) is 28.8 Å². The fourth-order valence-corrected chi connectivity index (χ4v) is 5.73. The van der Waals surface area contributed by atoms with Gasteiger partial charge >= 0.3 is 0 Å². The number of rotatable bonds is 5. The van der Waals surface area contributed by atoms with E-state index >= 15 is 0 Å². The molecule has 8 heteroatoms. The molecule has 3 rings (SSSR count). The average molecular weight is 412 g/mol. The van der Waals surface area contributed by atoms with Gasteiger partial charge in [-0.2, -0.15) is 4.31 Å². The van der Waals surface area contributed by atoms with E-state index in [0.29, 0.717) is 25.9 Å². The summed E-state index contributed by atoms with van der Waals surface area (Å²) in [6.07, 6.45) is 1.91. The fraction of sp³-hybridized carbons (Fsp3) is 0.650. The molecule has 0 aromatic heterocycles. The van der Waals surface area contributed by atoms with Gasteiger partial charge in [0, 0.05) is 19.1 Å². The van der Waals surface area contributed by atoms with E-state index in [2.05, 4.69) is 12.2 Å². The topological polar surface area (TPSA) is 69.7 Å². The maximum Gasteiger partial charge on any atom is 0.243 e. The summed E-state index contributed by atoms with van der Waals surface area (Å²) in [5.41, 5.74) is -0.504. The molecule has 1 N–H and O–H groups in total. The highest BCUT2D eigenvalue weighted by Crippen LogP contribution is 2.37. The number of carbonyl (C=O) groups excluding carboxylic acids is 1. The normalized spacial score (nSPS) is 24.3. The number of amides is 1. The van der Waals surface area contributed by atoms with Gasteiger partial charge in [-0.25, -0.2) is 12.8 Å². The third-order valence-corrected chi connectivity index (χ3v) is 8.00. The Balaban J connectivity index is 1.82. The molecule has 2 aliphatic heterocycles. The summed E-state index contributed by atoms with van der Waals surface area (Å²) in [4.78, 5) is 15.1. The Bertz CT molecular complexity index is 818. The number of sulfonamides is 1. The van der Waals surface area contributed by atoms with E-state index in [1.54, 1.807) is 0 Å². The minimum atomic E-state index is -3.68. The number of nitrogens with zero attached hydrogens (tertiary/aromatic N) is 2. The monoisotopic (exact) mass is 411 g/mol. The zero-order chi connectivity index (χ0) is 20.7. The minimum absolute atomic E-state index is 0.0870. The standard InChI is InChI=1S/C20H30FN3O3S/c1-5-15(4)24-19(25)18(14(2)3)22-20(24)10-12-23(13-11-20)28(26,27)17-8-6-16(21)7-9-17/h6-9,14-15,18,22H,5,10-13H2,1-4H3/t15-,18+/m0/s1. The molecule has 1 amide bonds. The lowest BCUT2D eigenvalue weighted by Crippen LogP contribution is -2.61. The van der Waals surface area contributed by atoms with Crippen molar-refractivity contribution in [3.63, 3.8) is 0 Å². The van der Waals surface area contributed by atoms with E-state index in [1.807, 2.05) is 25.7 Å². The van der Waals surface area contributed by atoms with Gasteiger partial charge in [0.25, 0.3) is 0 Å². The van der Waals surface area contributed by atoms with Crippen LogP contribution < -0.4 is 5.32 Å². The second-order valence-corrected chi connectivity index (χ2v) is 10.2. The zero-order valence-electron chi connectivity index (χ0n) is 17.0. The van der Waals surface area contributed by atoms with Crippen LogP contribution in [-0.2, 0) is 14.8 Å². The van der Waals surface area contributed by atoms with Gasteiger partial charge in [0.05, 0.1) is 16.6 Å². The van der Waals surface area contributed by atoms with Crippen LogP contribution in [0.15, 0.2) is 29.2 Å². The van der Waals surface area contributed by atoms with Crippen LogP contribution in [0.2, 0.25) is 0 Å². The predicted molar refractivity (Wildman–Crippen MR) is 105 cm³/mol. The van der Waals surface area contributed by atoms with Crippen molar-refractivity contribution in [3.8, 4) is 0 Å². The van der Waals surface area contributed by atoms with Gasteiger partial charge in [0.1, 0.15) is 5.82 Å². The number of piperidine rings is 1. The zero-order valence-corrected chi connectivity index (χ0v) is 17.8. The summed E-state index contributed by atoms with van der Waals surface area (Å²) < 4.78 is 40.4. The van der Waals surface area contributed by atoms with Crippen LogP contribution in [0.25, 0.3) is 0 Å². The van der Waals surface area contributed by atoms with E-state index < -0.39 is 21.5 Å². The number of halogens is 1. The number of hydrogen-bond donors (Lipinski definition) is 1. The molecule has 2 heterocycles. The van der Waals surface area contributed by atoms with Crippen LogP contribution in [0.4, 0.5) is 4.39 Å². The van der Waals surface area contributed by atoms with Gasteiger partial charge in [-0.1, -0.05) is 20.8 Å². The highest BCUT2D eigenvalue weighted by Gasteiger charge is 2.54. The summed E-state index contributed by atoms with van der Waals surface area (Å²) in [7, 11) is -3.68. The molecule has 1 aromatic carbocycles. The molecule has 1 aromatic rings. The second-order valence-electron chi connectivity index (χ2n) is 8.22. The highest BCUT2D eigenvalue weighted by atomic mass is 32.2. The molecule has 0 saturated carbocycles. The van der Waals surface area contributed by atoms with E-state index in [9.17, 15) is 17.6 Å². The minimum Gasteiger partial charge on any atom is -0.320 e. The van der Waals surface area contributed by atoms with Crippen LogP contribution in [0.1, 0.15) is 47.0 Å². The first-order chi connectivity index (χ1) is 13.1. The SMILES string of the molecule is CC[C@H](C)N1C(=O)[C@@H](C(C)C)NC12CCN(S(=O)(=O)c1ccc(F)cc1)CC2. The van der Waals surface area contributed by atoms with Gasteiger partial charge in [-0.05, 0) is 56.4 Å². The Morgan fingerprint density at radius 3 is 2.25 bits per heavy atom. The van der Waals surface area contributed by atoms with E-state index in [0.717, 1.165) is 18.6 Å². The number of benzene rings is 1. The molecule has 0 radical (unpaired) electrons. The predicted octanol–water partition coefficient (Wildman–Crippen LogP) is 2.56. The van der Waals surface area contributed by atoms with Crippen molar-refractivity contribution in [2.75, 3.05) is 13.1 Å². The molecular formula is C20H30FN3O3S. The number of carbonyl (C=O) groups is 1. The second kappa shape index (κ2) is 7.72. The molecule has 2 fully saturated rings. The lowest BCUT2D eigenvalue weighted by atomic mass is 9.95. The van der Waals surface area contributed by atoms with Gasteiger partial charge in [0.15, 0.2) is 0 Å². The van der Waals surface area contributed by atoms with Gasteiger partial charge in [-0.3, -0.25) is 10.1 Å². The molecule has 1 spiro atoms. The Hall–Kier alpha value is -1.51. The summed E-state index contributed by atoms with van der Waals surface area (Å²) in [5.74, 6) is -0.187. The molecule has 2 saturated heterocycles. The molecule has 6 nitrogen and oxygen atoms in total. The first kappa shape index (κ1) is 21.2. The summed E-state index contributed by atoms with van der Waals surface area (Å²) in [6, 6.07) is 4.76. The molecule has 28 heavy (non-hydrogen) atoms. The number of hydrogen-bond acceptors (Lipinski definition) is 4. The highest BCUT2D eigenvalue weighted by molar-refractivity contribution is 7.89. The fourth-order valence-electron chi connectivity index (χ4n) is 4.29. The summed E-state index contributed by atoms with van der Waals surface area (Å²) in [5, 5.41) is 3.55. The first-order valence-corrected chi connectivity index (χ1v) is 11.4. The van der Waals surface area contributed by atoms with Crippen molar-refractivity contribution in [1.82, 2.24) is 14.5 Å². The van der Waals surface area contributed by atoms with Crippen molar-refractivity contribution >= 4 is 15.9 Å². The van der Waals surface area contributed by atoms with E-state index in [4.69, 9.17) is 0 Å². The van der Waals surface area contributed by atoms with Crippen molar-refractivity contribution < 1.29 is 17.6 Å². The molecule has 2 atom stereocenters. The van der Waals surface area contributed by atoms with Crippen molar-refractivity contribution in [3.05, 3.63) is 30.1 Å². The van der Waals surface area contributed by atoms with Crippen LogP contribution in [0, 0.1) is 11.7 Å². The molecule has 156 valence electrons. The summed E-state index contributed by atoms with van der Waals surface area (Å²) >= 11 is 0. The Morgan fingerprint density at radius 2 is 1.75 bits per heavy atom. The number of nitrogens with one attached hydrogen (secondary N) is 1. The lowest BCUT2D eigenvalue weighted by molar-refractivity contribution is -0.136. The van der Waals surface area contributed by atoms with Crippen molar-refractivity contribution in [1.29, 1.82) is 0 Å². The quantitative estimate of drug-likeness (QED) is 0.809. The maximum atomic E-state index is 13.2. The Kier molecular flexibility index (Phi) is 5.85. The largest absolute Gasteiger partial charge is 0.320 e. The van der Waals surface area contributed by atoms with Crippen LogP contribution in [0.3, 0.4) is 0 Å². The van der Waals surface area contributed by atoms with Crippen molar-refractivity contribution in [2.24, 2.45) is 5.92 Å². The van der Waals surface area contributed by atoms with Crippen LogP contribution in [-0.4, -0.2) is 54.4 Å². The molecular weight excluding hydrogens is 381 g/mol. The molecule has 0 unspecified atom stereocenters. The van der Waals surface area contributed by atoms with Gasteiger partial charge in [-0.15, -0.1) is 0 Å². The van der Waals surface area contributed by atoms with Gasteiger partial charge in [0.2, 0.25) is 15.9 Å². The summed E-state index contributed by atoms with van der Waals surface area (Å²) in [6.45, 7) is 8.79. The van der Waals surface area contributed by atoms with Gasteiger partial charge < -0.3 is 4.90 Å². The Labute approximate surface area is 167 Å². The average Bonchev–Trinajstić information content (AvgIpc) is 2.94. The Morgan fingerprint density at radius 1 is 1.18 bits per heavy atom. The maximum absolute atomic E-state index is 13.2. The first-order valence-electron chi connectivity index (χ1n) is 9.99. The third kappa shape index (κ3) is 3.57. The van der Waals surface area contributed by atoms with Crippen molar-refractivity contribution in [2.45, 2.75) is 69.6 Å². The lowest BCUT2D eigenvalue weighted by Gasteiger charge is -2.46. The smallest absolute Gasteiger partial charge is 0.243 e. The third-order valence-electron chi connectivity index (χ3n) is 6.09. The molecule has 0 aliphatic carbocycles. The van der Waals surface area contributed by atoms with Crippen LogP contribution in [0.5, 0.6) is 0 Å².